The zero-order valence-electron chi connectivity index (χ0n) is 21.8. The second kappa shape index (κ2) is 7.18. The summed E-state index contributed by atoms with van der Waals surface area (Å²) in [5.74, 6) is 0. The summed E-state index contributed by atoms with van der Waals surface area (Å²) in [4.78, 5) is 0. The highest BCUT2D eigenvalue weighted by Crippen LogP contribution is 2.52. The van der Waals surface area contributed by atoms with Gasteiger partial charge in [-0.1, -0.05) is 98.8 Å². The lowest BCUT2D eigenvalue weighted by Crippen LogP contribution is -2.14. The molecular weight excluding hydrogens is 474 g/mol. The van der Waals surface area contributed by atoms with Gasteiger partial charge in [0.15, 0.2) is 0 Å². The van der Waals surface area contributed by atoms with Gasteiger partial charge in [0.2, 0.25) is 0 Å². The number of rotatable bonds is 1. The number of fused-ring (bicyclic) bond motifs is 12. The Morgan fingerprint density at radius 3 is 2.15 bits per heavy atom. The number of para-hydroxylation sites is 2. The highest BCUT2D eigenvalue weighted by molar-refractivity contribution is 6.21. The molecule has 0 unspecified atom stereocenters. The van der Waals surface area contributed by atoms with Crippen LogP contribution in [0.2, 0.25) is 0 Å². The van der Waals surface area contributed by atoms with Gasteiger partial charge in [0.1, 0.15) is 11.2 Å². The van der Waals surface area contributed by atoms with Crippen molar-refractivity contribution in [1.29, 1.82) is 0 Å². The molecule has 0 N–H and O–H groups in total. The molecule has 0 bridgehead atoms. The third kappa shape index (κ3) is 2.61. The van der Waals surface area contributed by atoms with Crippen molar-refractivity contribution in [2.75, 3.05) is 0 Å². The molecule has 39 heavy (non-hydrogen) atoms. The SMILES string of the molecule is CC1(C)c2ccccc2-c2c1ccc1c2ccc2c3ccccc3n(-c3ccc4oc5ccccc5c4c3)c12. The number of hydrogen-bond donors (Lipinski definition) is 0. The molecule has 0 spiro atoms. The van der Waals surface area contributed by atoms with E-state index in [1.807, 2.05) is 12.1 Å². The molecule has 0 saturated carbocycles. The van der Waals surface area contributed by atoms with Crippen molar-refractivity contribution in [2.24, 2.45) is 0 Å². The molecule has 0 fully saturated rings. The molecule has 2 aromatic heterocycles. The van der Waals surface area contributed by atoms with Crippen LogP contribution >= 0.6 is 0 Å². The predicted octanol–water partition coefficient (Wildman–Crippen LogP) is 10.1. The van der Waals surface area contributed by atoms with Gasteiger partial charge in [0.25, 0.3) is 0 Å². The van der Waals surface area contributed by atoms with Crippen molar-refractivity contribution in [3.8, 4) is 16.8 Å². The summed E-state index contributed by atoms with van der Waals surface area (Å²) in [7, 11) is 0. The monoisotopic (exact) mass is 499 g/mol. The lowest BCUT2D eigenvalue weighted by Gasteiger charge is -2.21. The second-order valence-electron chi connectivity index (χ2n) is 11.3. The standard InChI is InChI=1S/C37H25NO/c1-37(2)30-12-6-3-11-28(30)35-25-16-17-26-23-9-4-7-13-32(23)38(36(26)27(25)18-19-31(35)37)22-15-20-34-29(21-22)24-10-5-8-14-33(24)39-34/h3-21H,1-2H3. The lowest BCUT2D eigenvalue weighted by molar-refractivity contribution is 0.661. The number of benzene rings is 6. The van der Waals surface area contributed by atoms with E-state index in [4.69, 9.17) is 4.42 Å². The van der Waals surface area contributed by atoms with Crippen LogP contribution in [-0.4, -0.2) is 4.57 Å². The Morgan fingerprint density at radius 1 is 0.538 bits per heavy atom. The van der Waals surface area contributed by atoms with E-state index >= 15 is 0 Å². The van der Waals surface area contributed by atoms with E-state index in [0.717, 1.165) is 27.6 Å². The molecule has 0 atom stereocenters. The summed E-state index contributed by atoms with van der Waals surface area (Å²) in [5.41, 5.74) is 11.0. The van der Waals surface area contributed by atoms with Crippen LogP contribution in [-0.2, 0) is 5.41 Å². The van der Waals surface area contributed by atoms with E-state index in [9.17, 15) is 0 Å². The van der Waals surface area contributed by atoms with Gasteiger partial charge < -0.3 is 8.98 Å². The molecule has 184 valence electrons. The first-order chi connectivity index (χ1) is 19.1. The molecule has 0 amide bonds. The fourth-order valence-corrected chi connectivity index (χ4v) is 7.19. The molecular formula is C37H25NO. The van der Waals surface area contributed by atoms with Crippen molar-refractivity contribution in [3.63, 3.8) is 0 Å². The first-order valence-electron chi connectivity index (χ1n) is 13.6. The second-order valence-corrected chi connectivity index (χ2v) is 11.3. The molecule has 0 aliphatic heterocycles. The molecule has 0 radical (unpaired) electrons. The fraction of sp³-hybridized carbons (Fsp3) is 0.0811. The minimum atomic E-state index is -0.0187. The summed E-state index contributed by atoms with van der Waals surface area (Å²) in [6.45, 7) is 4.70. The van der Waals surface area contributed by atoms with Gasteiger partial charge in [-0.25, -0.2) is 0 Å². The molecule has 0 saturated heterocycles. The maximum Gasteiger partial charge on any atom is 0.135 e. The van der Waals surface area contributed by atoms with E-state index in [2.05, 4.69) is 122 Å². The summed E-state index contributed by atoms with van der Waals surface area (Å²) in [6, 6.07) is 42.0. The zero-order chi connectivity index (χ0) is 25.9. The van der Waals surface area contributed by atoms with Gasteiger partial charge in [-0.05, 0) is 58.0 Å². The lowest BCUT2D eigenvalue weighted by atomic mass is 9.82. The van der Waals surface area contributed by atoms with Crippen molar-refractivity contribution >= 4 is 54.5 Å². The van der Waals surface area contributed by atoms with E-state index in [0.29, 0.717) is 0 Å². The van der Waals surface area contributed by atoms with Crippen molar-refractivity contribution < 1.29 is 4.42 Å². The first-order valence-corrected chi connectivity index (χ1v) is 13.6. The number of aromatic nitrogens is 1. The Balaban J connectivity index is 1.44. The maximum atomic E-state index is 6.16. The average molecular weight is 500 g/mol. The zero-order valence-corrected chi connectivity index (χ0v) is 21.8. The normalized spacial score (nSPS) is 14.1. The minimum absolute atomic E-state index is 0.0187. The highest BCUT2D eigenvalue weighted by atomic mass is 16.3. The van der Waals surface area contributed by atoms with Gasteiger partial charge in [-0.2, -0.15) is 0 Å². The summed E-state index contributed by atoms with van der Waals surface area (Å²) in [6.07, 6.45) is 0. The van der Waals surface area contributed by atoms with Crippen LogP contribution in [0.3, 0.4) is 0 Å². The van der Waals surface area contributed by atoms with Crippen LogP contribution in [0.15, 0.2) is 120 Å². The van der Waals surface area contributed by atoms with E-state index in [-0.39, 0.29) is 5.41 Å². The Morgan fingerprint density at radius 2 is 1.23 bits per heavy atom. The van der Waals surface area contributed by atoms with Crippen LogP contribution in [0.4, 0.5) is 0 Å². The van der Waals surface area contributed by atoms with Gasteiger partial charge >= 0.3 is 0 Å². The van der Waals surface area contributed by atoms with Crippen molar-refractivity contribution in [1.82, 2.24) is 4.57 Å². The molecule has 8 aromatic rings. The summed E-state index contributed by atoms with van der Waals surface area (Å²) in [5, 5.41) is 7.44. The first kappa shape index (κ1) is 21.2. The third-order valence-electron chi connectivity index (χ3n) is 8.99. The van der Waals surface area contributed by atoms with E-state index in [1.165, 1.54) is 54.8 Å². The fourth-order valence-electron chi connectivity index (χ4n) is 7.19. The van der Waals surface area contributed by atoms with Crippen LogP contribution in [0.5, 0.6) is 0 Å². The minimum Gasteiger partial charge on any atom is -0.456 e. The summed E-state index contributed by atoms with van der Waals surface area (Å²) >= 11 is 0. The molecule has 2 nitrogen and oxygen atoms in total. The van der Waals surface area contributed by atoms with Gasteiger partial charge in [-0.3, -0.25) is 0 Å². The Hall–Kier alpha value is -4.82. The van der Waals surface area contributed by atoms with Gasteiger partial charge in [-0.15, -0.1) is 0 Å². The number of nitrogens with zero attached hydrogens (tertiary/aromatic N) is 1. The molecule has 1 aliphatic rings. The van der Waals surface area contributed by atoms with E-state index < -0.39 is 0 Å². The molecule has 2 heterocycles. The molecule has 2 heteroatoms. The van der Waals surface area contributed by atoms with Crippen LogP contribution in [0.1, 0.15) is 25.0 Å². The highest BCUT2D eigenvalue weighted by Gasteiger charge is 2.36. The number of furan rings is 1. The largest absolute Gasteiger partial charge is 0.456 e. The van der Waals surface area contributed by atoms with Gasteiger partial charge in [0, 0.05) is 38.0 Å². The quantitative estimate of drug-likeness (QED) is 0.220. The molecule has 6 aromatic carbocycles. The predicted molar refractivity (Wildman–Crippen MR) is 163 cm³/mol. The summed E-state index contributed by atoms with van der Waals surface area (Å²) < 4.78 is 8.61. The van der Waals surface area contributed by atoms with Crippen LogP contribution in [0.25, 0.3) is 71.3 Å². The Bertz CT molecular complexity index is 2310. The molecule has 1 aliphatic carbocycles. The van der Waals surface area contributed by atoms with Crippen LogP contribution < -0.4 is 0 Å². The Labute approximate surface area is 225 Å². The third-order valence-corrected chi connectivity index (χ3v) is 8.99. The van der Waals surface area contributed by atoms with Crippen LogP contribution in [0, 0.1) is 0 Å². The van der Waals surface area contributed by atoms with Gasteiger partial charge in [0.05, 0.1) is 11.0 Å². The molecule has 9 rings (SSSR count). The van der Waals surface area contributed by atoms with Crippen molar-refractivity contribution in [3.05, 3.63) is 126 Å². The number of hydrogen-bond acceptors (Lipinski definition) is 1. The maximum absolute atomic E-state index is 6.16. The Kier molecular flexibility index (Phi) is 3.89. The van der Waals surface area contributed by atoms with E-state index in [1.54, 1.807) is 0 Å². The average Bonchev–Trinajstić information content (AvgIpc) is 3.59. The smallest absolute Gasteiger partial charge is 0.135 e. The van der Waals surface area contributed by atoms with Crippen molar-refractivity contribution in [2.45, 2.75) is 19.3 Å². The topological polar surface area (TPSA) is 18.1 Å².